The van der Waals surface area contributed by atoms with E-state index in [1.165, 1.54) is 0 Å². The molecule has 15 heavy (non-hydrogen) atoms. The van der Waals surface area contributed by atoms with E-state index < -0.39 is 6.10 Å². The van der Waals surface area contributed by atoms with E-state index >= 15 is 0 Å². The molecule has 0 aliphatic carbocycles. The molecule has 1 fully saturated rings. The minimum Gasteiger partial charge on any atom is -0.389 e. The predicted octanol–water partition coefficient (Wildman–Crippen LogP) is 0.398. The lowest BCUT2D eigenvalue weighted by molar-refractivity contribution is 0.0416. The number of nitrogens with one attached hydrogen (secondary N) is 1. The van der Waals surface area contributed by atoms with Crippen LogP contribution in [0.1, 0.15) is 20.3 Å². The molecule has 4 heteroatoms. The van der Waals surface area contributed by atoms with Crippen LogP contribution < -0.4 is 5.32 Å². The summed E-state index contributed by atoms with van der Waals surface area (Å²) in [6.45, 7) is 7.50. The molecule has 0 amide bonds. The summed E-state index contributed by atoms with van der Waals surface area (Å²) >= 11 is 0. The molecule has 0 aromatic heterocycles. The zero-order valence-corrected chi connectivity index (χ0v) is 9.74. The van der Waals surface area contributed by atoms with Crippen LogP contribution in [0.15, 0.2) is 0 Å². The topological polar surface area (TPSA) is 50.7 Å². The van der Waals surface area contributed by atoms with E-state index in [9.17, 15) is 5.11 Å². The zero-order chi connectivity index (χ0) is 11.1. The number of rotatable bonds is 7. The molecule has 1 aliphatic heterocycles. The van der Waals surface area contributed by atoms with E-state index in [1.54, 1.807) is 0 Å². The van der Waals surface area contributed by atoms with Gasteiger partial charge in [0.1, 0.15) is 0 Å². The minimum absolute atomic E-state index is 0.349. The molecule has 3 unspecified atom stereocenters. The summed E-state index contributed by atoms with van der Waals surface area (Å²) in [5.41, 5.74) is 0. The zero-order valence-electron chi connectivity index (χ0n) is 9.74. The van der Waals surface area contributed by atoms with Gasteiger partial charge in [0.05, 0.1) is 18.8 Å². The van der Waals surface area contributed by atoms with Crippen molar-refractivity contribution in [2.75, 3.05) is 32.9 Å². The van der Waals surface area contributed by atoms with Gasteiger partial charge in [-0.1, -0.05) is 0 Å². The van der Waals surface area contributed by atoms with Crippen molar-refractivity contribution in [1.29, 1.82) is 0 Å². The maximum Gasteiger partial charge on any atom is 0.0897 e. The normalized spacial score (nSPS) is 28.2. The van der Waals surface area contributed by atoms with Gasteiger partial charge in [-0.05, 0) is 26.2 Å². The molecular weight excluding hydrogens is 194 g/mol. The van der Waals surface area contributed by atoms with Crippen LogP contribution in [-0.2, 0) is 9.47 Å². The maximum absolute atomic E-state index is 9.50. The molecular formula is C11H23NO3. The molecule has 0 saturated carbocycles. The van der Waals surface area contributed by atoms with Crippen LogP contribution >= 0.6 is 0 Å². The molecule has 90 valence electrons. The highest BCUT2D eigenvalue weighted by atomic mass is 16.5. The van der Waals surface area contributed by atoms with Crippen molar-refractivity contribution in [2.24, 2.45) is 5.92 Å². The van der Waals surface area contributed by atoms with Gasteiger partial charge in [0, 0.05) is 26.3 Å². The number of aliphatic hydroxyl groups excluding tert-OH is 1. The Balaban J connectivity index is 2.00. The Morgan fingerprint density at radius 3 is 3.00 bits per heavy atom. The molecule has 0 spiro atoms. The molecule has 2 N–H and O–H groups in total. The third kappa shape index (κ3) is 4.93. The molecule has 3 atom stereocenters. The second-order valence-corrected chi connectivity index (χ2v) is 4.10. The predicted molar refractivity (Wildman–Crippen MR) is 58.9 cm³/mol. The Bertz CT molecular complexity index is 166. The highest BCUT2D eigenvalue weighted by Crippen LogP contribution is 2.19. The average molecular weight is 217 g/mol. The highest BCUT2D eigenvalue weighted by molar-refractivity contribution is 4.75. The van der Waals surface area contributed by atoms with Crippen LogP contribution in [0.4, 0.5) is 0 Å². The standard InChI is InChI=1S/C11H23NO3/c1-3-14-8-11(13)7-12-6-10-4-5-15-9(10)2/h9-13H,3-8H2,1-2H3. The van der Waals surface area contributed by atoms with E-state index in [4.69, 9.17) is 9.47 Å². The van der Waals surface area contributed by atoms with Gasteiger partial charge in [0.2, 0.25) is 0 Å². The van der Waals surface area contributed by atoms with Crippen LogP contribution in [0.5, 0.6) is 0 Å². The Morgan fingerprint density at radius 1 is 1.60 bits per heavy atom. The van der Waals surface area contributed by atoms with Gasteiger partial charge in [0.25, 0.3) is 0 Å². The van der Waals surface area contributed by atoms with Gasteiger partial charge in [-0.2, -0.15) is 0 Å². The number of aliphatic hydroxyl groups is 1. The Hall–Kier alpha value is -0.160. The monoisotopic (exact) mass is 217 g/mol. The lowest BCUT2D eigenvalue weighted by Gasteiger charge is -2.16. The van der Waals surface area contributed by atoms with Crippen molar-refractivity contribution in [3.8, 4) is 0 Å². The van der Waals surface area contributed by atoms with E-state index in [2.05, 4.69) is 12.2 Å². The minimum atomic E-state index is -0.400. The van der Waals surface area contributed by atoms with E-state index in [0.717, 1.165) is 19.6 Å². The molecule has 1 rings (SSSR count). The summed E-state index contributed by atoms with van der Waals surface area (Å²) in [7, 11) is 0. The van der Waals surface area contributed by atoms with Crippen molar-refractivity contribution in [3.05, 3.63) is 0 Å². The first-order valence-electron chi connectivity index (χ1n) is 5.82. The molecule has 4 nitrogen and oxygen atoms in total. The Morgan fingerprint density at radius 2 is 2.40 bits per heavy atom. The van der Waals surface area contributed by atoms with Gasteiger partial charge in [-0.15, -0.1) is 0 Å². The van der Waals surface area contributed by atoms with E-state index in [0.29, 0.717) is 31.8 Å². The van der Waals surface area contributed by atoms with Crippen LogP contribution in [-0.4, -0.2) is 50.2 Å². The van der Waals surface area contributed by atoms with Crippen LogP contribution in [0.25, 0.3) is 0 Å². The van der Waals surface area contributed by atoms with Crippen LogP contribution in [0.3, 0.4) is 0 Å². The van der Waals surface area contributed by atoms with E-state index in [-0.39, 0.29) is 0 Å². The third-order valence-corrected chi connectivity index (χ3v) is 2.83. The number of hydrogen-bond acceptors (Lipinski definition) is 4. The smallest absolute Gasteiger partial charge is 0.0897 e. The lowest BCUT2D eigenvalue weighted by atomic mass is 10.0. The summed E-state index contributed by atoms with van der Waals surface area (Å²) in [6, 6.07) is 0. The molecule has 1 saturated heterocycles. The fourth-order valence-electron chi connectivity index (χ4n) is 1.79. The van der Waals surface area contributed by atoms with Gasteiger partial charge in [-0.25, -0.2) is 0 Å². The molecule has 0 bridgehead atoms. The fourth-order valence-corrected chi connectivity index (χ4v) is 1.79. The van der Waals surface area contributed by atoms with Gasteiger partial charge < -0.3 is 19.9 Å². The molecule has 0 aromatic carbocycles. The Kier molecular flexibility index (Phi) is 6.17. The second-order valence-electron chi connectivity index (χ2n) is 4.10. The molecule has 1 aliphatic rings. The fraction of sp³-hybridized carbons (Fsp3) is 1.00. The second kappa shape index (κ2) is 7.17. The summed E-state index contributed by atoms with van der Waals surface area (Å²) in [4.78, 5) is 0. The molecule has 0 radical (unpaired) electrons. The first-order chi connectivity index (χ1) is 7.24. The first-order valence-corrected chi connectivity index (χ1v) is 5.82. The first kappa shape index (κ1) is 12.9. The van der Waals surface area contributed by atoms with Crippen molar-refractivity contribution in [3.63, 3.8) is 0 Å². The van der Waals surface area contributed by atoms with Crippen molar-refractivity contribution in [2.45, 2.75) is 32.5 Å². The molecule has 1 heterocycles. The third-order valence-electron chi connectivity index (χ3n) is 2.83. The van der Waals surface area contributed by atoms with Gasteiger partial charge in [0.15, 0.2) is 0 Å². The van der Waals surface area contributed by atoms with Crippen molar-refractivity contribution >= 4 is 0 Å². The van der Waals surface area contributed by atoms with Crippen LogP contribution in [0.2, 0.25) is 0 Å². The number of ether oxygens (including phenoxy) is 2. The van der Waals surface area contributed by atoms with Crippen molar-refractivity contribution < 1.29 is 14.6 Å². The van der Waals surface area contributed by atoms with E-state index in [1.807, 2.05) is 6.92 Å². The summed E-state index contributed by atoms with van der Waals surface area (Å²) in [5.74, 6) is 0.587. The summed E-state index contributed by atoms with van der Waals surface area (Å²) < 4.78 is 10.6. The highest BCUT2D eigenvalue weighted by Gasteiger charge is 2.23. The maximum atomic E-state index is 9.50. The summed E-state index contributed by atoms with van der Waals surface area (Å²) in [5, 5.41) is 12.8. The van der Waals surface area contributed by atoms with Crippen molar-refractivity contribution in [1.82, 2.24) is 5.32 Å². The largest absolute Gasteiger partial charge is 0.389 e. The SMILES string of the molecule is CCOCC(O)CNCC1CCOC1C. The Labute approximate surface area is 92.0 Å². The number of hydrogen-bond donors (Lipinski definition) is 2. The van der Waals surface area contributed by atoms with Crippen LogP contribution in [0, 0.1) is 5.92 Å². The lowest BCUT2D eigenvalue weighted by Crippen LogP contribution is -2.35. The average Bonchev–Trinajstić information content (AvgIpc) is 2.61. The van der Waals surface area contributed by atoms with Gasteiger partial charge >= 0.3 is 0 Å². The van der Waals surface area contributed by atoms with Gasteiger partial charge in [-0.3, -0.25) is 0 Å². The summed E-state index contributed by atoms with van der Waals surface area (Å²) in [6.07, 6.45) is 1.07. The quantitative estimate of drug-likeness (QED) is 0.648. The molecule has 0 aromatic rings.